The van der Waals surface area contributed by atoms with Crippen molar-refractivity contribution in [3.05, 3.63) is 23.0 Å². The molecular formula is C10H7BrF5NO3. The molecular weight excluding hydrogens is 357 g/mol. The summed E-state index contributed by atoms with van der Waals surface area (Å²) in [6, 6.07) is 0.690. The second kappa shape index (κ2) is 6.33. The maximum Gasteiger partial charge on any atom is 0.573 e. The number of rotatable bonds is 5. The van der Waals surface area contributed by atoms with Gasteiger partial charge >= 0.3 is 12.3 Å². The van der Waals surface area contributed by atoms with Crippen LogP contribution in [-0.4, -0.2) is 22.4 Å². The van der Waals surface area contributed by atoms with Crippen molar-refractivity contribution in [2.75, 3.05) is 0 Å². The number of carboxylic acid groups (broad SMARTS) is 1. The summed E-state index contributed by atoms with van der Waals surface area (Å²) < 4.78 is 65.8. The second-order valence-electron chi connectivity index (χ2n) is 3.52. The number of halogens is 6. The topological polar surface area (TPSA) is 59.4 Å². The highest BCUT2D eigenvalue weighted by Crippen LogP contribution is 2.36. The Bertz CT molecular complexity index is 506. The number of hydrogen-bond donors (Lipinski definition) is 1. The largest absolute Gasteiger partial charge is 0.573 e. The summed E-state index contributed by atoms with van der Waals surface area (Å²) in [5.74, 6) is -2.64. The second-order valence-corrected chi connectivity index (χ2v) is 4.09. The van der Waals surface area contributed by atoms with E-state index in [9.17, 15) is 26.7 Å². The van der Waals surface area contributed by atoms with Crippen molar-refractivity contribution in [3.8, 4) is 5.75 Å². The van der Waals surface area contributed by atoms with E-state index < -0.39 is 42.2 Å². The van der Waals surface area contributed by atoms with Gasteiger partial charge in [0, 0.05) is 11.4 Å². The Morgan fingerprint density at radius 2 is 2.05 bits per heavy atom. The van der Waals surface area contributed by atoms with Crippen LogP contribution in [0.5, 0.6) is 5.75 Å². The zero-order chi connectivity index (χ0) is 15.5. The number of carboxylic acids is 1. The van der Waals surface area contributed by atoms with Crippen LogP contribution in [0.2, 0.25) is 0 Å². The average Bonchev–Trinajstić information content (AvgIpc) is 2.24. The number of aromatic nitrogens is 1. The summed E-state index contributed by atoms with van der Waals surface area (Å²) in [6.07, 6.45) is -9.46. The number of hydrogen-bond acceptors (Lipinski definition) is 3. The van der Waals surface area contributed by atoms with E-state index in [1.807, 2.05) is 0 Å². The summed E-state index contributed by atoms with van der Waals surface area (Å²) in [4.78, 5) is 14.2. The number of ether oxygens (including phenoxy) is 1. The molecule has 1 aromatic heterocycles. The summed E-state index contributed by atoms with van der Waals surface area (Å²) in [7, 11) is 0. The number of nitrogens with zero attached hydrogens (tertiary/aromatic N) is 1. The molecule has 0 aliphatic heterocycles. The molecule has 0 unspecified atom stereocenters. The van der Waals surface area contributed by atoms with Gasteiger partial charge in [-0.05, 0) is 0 Å². The van der Waals surface area contributed by atoms with Gasteiger partial charge in [0.15, 0.2) is 0 Å². The molecule has 0 saturated heterocycles. The van der Waals surface area contributed by atoms with E-state index in [0.717, 1.165) is 0 Å². The lowest BCUT2D eigenvalue weighted by Crippen LogP contribution is -2.20. The monoisotopic (exact) mass is 363 g/mol. The van der Waals surface area contributed by atoms with Crippen molar-refractivity contribution >= 4 is 21.9 Å². The third-order valence-corrected chi connectivity index (χ3v) is 2.63. The Morgan fingerprint density at radius 1 is 1.45 bits per heavy atom. The molecule has 0 aromatic carbocycles. The number of pyridine rings is 1. The van der Waals surface area contributed by atoms with Gasteiger partial charge in [-0.2, -0.15) is 0 Å². The minimum Gasteiger partial charge on any atom is -0.481 e. The zero-order valence-corrected chi connectivity index (χ0v) is 11.1. The third kappa shape index (κ3) is 4.58. The molecule has 0 spiro atoms. The Kier molecular flexibility index (Phi) is 5.26. The first-order chi connectivity index (χ1) is 9.14. The van der Waals surface area contributed by atoms with Crippen LogP contribution in [-0.2, 0) is 16.5 Å². The van der Waals surface area contributed by atoms with E-state index in [1.165, 1.54) is 0 Å². The van der Waals surface area contributed by atoms with E-state index in [0.29, 0.717) is 6.07 Å². The summed E-state index contributed by atoms with van der Waals surface area (Å²) in [5, 5.41) is 8.56. The van der Waals surface area contributed by atoms with Gasteiger partial charge in [-0.25, -0.2) is 8.78 Å². The molecule has 0 saturated carbocycles. The lowest BCUT2D eigenvalue weighted by Gasteiger charge is -2.16. The van der Waals surface area contributed by atoms with Crippen molar-refractivity contribution < 1.29 is 36.6 Å². The molecule has 1 N–H and O–H groups in total. The van der Waals surface area contributed by atoms with E-state index in [2.05, 4.69) is 25.7 Å². The first kappa shape index (κ1) is 16.6. The van der Waals surface area contributed by atoms with Crippen LogP contribution in [0.15, 0.2) is 6.07 Å². The lowest BCUT2D eigenvalue weighted by molar-refractivity contribution is -0.275. The minimum absolute atomic E-state index is 0.0443. The van der Waals surface area contributed by atoms with Crippen LogP contribution in [0.3, 0.4) is 0 Å². The van der Waals surface area contributed by atoms with Gasteiger partial charge in [0.25, 0.3) is 6.43 Å². The van der Waals surface area contributed by atoms with Crippen molar-refractivity contribution in [2.45, 2.75) is 24.5 Å². The number of carbonyl (C=O) groups is 1. The first-order valence-corrected chi connectivity index (χ1v) is 6.10. The molecule has 112 valence electrons. The molecule has 0 fully saturated rings. The molecule has 0 atom stereocenters. The Hall–Kier alpha value is -1.45. The maximum atomic E-state index is 12.9. The van der Waals surface area contributed by atoms with Crippen LogP contribution in [0, 0.1) is 0 Å². The quantitative estimate of drug-likeness (QED) is 0.643. The van der Waals surface area contributed by atoms with E-state index >= 15 is 0 Å². The fourth-order valence-corrected chi connectivity index (χ4v) is 1.71. The van der Waals surface area contributed by atoms with Gasteiger partial charge in [-0.3, -0.25) is 9.78 Å². The molecule has 1 aromatic rings. The highest BCUT2D eigenvalue weighted by atomic mass is 79.9. The first-order valence-electron chi connectivity index (χ1n) is 4.98. The van der Waals surface area contributed by atoms with Gasteiger partial charge in [-0.15, -0.1) is 13.2 Å². The molecule has 1 rings (SSSR count). The summed E-state index contributed by atoms with van der Waals surface area (Å²) >= 11 is 2.90. The van der Waals surface area contributed by atoms with Crippen LogP contribution < -0.4 is 4.74 Å². The molecule has 0 amide bonds. The molecule has 0 aliphatic carbocycles. The van der Waals surface area contributed by atoms with Crippen LogP contribution in [0.25, 0.3) is 0 Å². The maximum absolute atomic E-state index is 12.9. The Morgan fingerprint density at radius 3 is 2.45 bits per heavy atom. The summed E-state index contributed by atoms with van der Waals surface area (Å²) in [6.45, 7) is 0. The van der Waals surface area contributed by atoms with Crippen LogP contribution in [0.1, 0.15) is 23.4 Å². The van der Waals surface area contributed by atoms with E-state index in [4.69, 9.17) is 5.11 Å². The summed E-state index contributed by atoms with van der Waals surface area (Å²) in [5.41, 5.74) is -1.89. The normalized spacial score (nSPS) is 11.8. The minimum atomic E-state index is -5.17. The molecule has 4 nitrogen and oxygen atoms in total. The Labute approximate surface area is 117 Å². The van der Waals surface area contributed by atoms with Crippen LogP contribution in [0.4, 0.5) is 22.0 Å². The number of aliphatic carboxylic acids is 1. The molecule has 0 aliphatic rings. The zero-order valence-electron chi connectivity index (χ0n) is 9.55. The highest BCUT2D eigenvalue weighted by Gasteiger charge is 2.35. The Balaban J connectivity index is 3.41. The molecule has 0 radical (unpaired) electrons. The van der Waals surface area contributed by atoms with Crippen molar-refractivity contribution in [1.82, 2.24) is 4.98 Å². The predicted octanol–water partition coefficient (Wildman–Crippen LogP) is 3.44. The van der Waals surface area contributed by atoms with Crippen molar-refractivity contribution in [1.29, 1.82) is 0 Å². The molecule has 1 heterocycles. The standard InChI is InChI=1S/C10H7BrF5NO3/c11-3-4-1-6(20-10(14,15)16)8(9(12)13)5(17-4)2-7(18)19/h1,9H,2-3H2,(H,18,19). The molecule has 0 bridgehead atoms. The number of alkyl halides is 6. The van der Waals surface area contributed by atoms with E-state index in [-0.39, 0.29) is 11.0 Å². The van der Waals surface area contributed by atoms with Crippen molar-refractivity contribution in [2.24, 2.45) is 0 Å². The predicted molar refractivity (Wildman–Crippen MR) is 59.8 cm³/mol. The molecule has 10 heteroatoms. The van der Waals surface area contributed by atoms with Gasteiger partial charge in [0.2, 0.25) is 0 Å². The SMILES string of the molecule is O=C(O)Cc1nc(CBr)cc(OC(F)(F)F)c1C(F)F. The fraction of sp³-hybridized carbons (Fsp3) is 0.400. The lowest BCUT2D eigenvalue weighted by atomic mass is 10.1. The van der Waals surface area contributed by atoms with Gasteiger partial charge in [0.05, 0.1) is 23.4 Å². The van der Waals surface area contributed by atoms with Gasteiger partial charge in [0.1, 0.15) is 5.75 Å². The van der Waals surface area contributed by atoms with Crippen LogP contribution >= 0.6 is 15.9 Å². The highest BCUT2D eigenvalue weighted by molar-refractivity contribution is 9.08. The van der Waals surface area contributed by atoms with Gasteiger partial charge < -0.3 is 9.84 Å². The fourth-order valence-electron chi connectivity index (χ4n) is 1.43. The average molecular weight is 364 g/mol. The van der Waals surface area contributed by atoms with E-state index in [1.54, 1.807) is 0 Å². The third-order valence-electron chi connectivity index (χ3n) is 2.05. The van der Waals surface area contributed by atoms with Gasteiger partial charge in [-0.1, -0.05) is 15.9 Å². The molecule has 20 heavy (non-hydrogen) atoms. The van der Waals surface area contributed by atoms with Crippen molar-refractivity contribution in [3.63, 3.8) is 0 Å². The smallest absolute Gasteiger partial charge is 0.481 e.